The topological polar surface area (TPSA) is 70.4 Å². The van der Waals surface area contributed by atoms with Crippen molar-refractivity contribution in [2.75, 3.05) is 6.61 Å². The van der Waals surface area contributed by atoms with E-state index < -0.39 is 11.7 Å². The van der Waals surface area contributed by atoms with Crippen molar-refractivity contribution >= 4 is 11.8 Å². The number of carbonyl (C=O) groups is 2. The maximum atomic E-state index is 13.1. The number of carbonyl (C=O) groups excluding carboxylic acids is 2. The summed E-state index contributed by atoms with van der Waals surface area (Å²) in [4.78, 5) is 24.2. The van der Waals surface area contributed by atoms with Gasteiger partial charge < -0.3 is 9.47 Å². The molecule has 0 saturated heterocycles. The molecular formula is C32H37F3N2O4. The van der Waals surface area contributed by atoms with E-state index in [9.17, 15) is 22.8 Å². The molecule has 1 aromatic heterocycles. The van der Waals surface area contributed by atoms with Crippen LogP contribution in [0.25, 0.3) is 5.69 Å². The monoisotopic (exact) mass is 570 g/mol. The van der Waals surface area contributed by atoms with Crippen LogP contribution in [0, 0.1) is 25.2 Å². The van der Waals surface area contributed by atoms with E-state index >= 15 is 0 Å². The van der Waals surface area contributed by atoms with E-state index in [0.717, 1.165) is 41.9 Å². The van der Waals surface area contributed by atoms with E-state index in [4.69, 9.17) is 9.47 Å². The van der Waals surface area contributed by atoms with Crippen LogP contribution in [-0.4, -0.2) is 28.1 Å². The number of ketones is 1. The summed E-state index contributed by atoms with van der Waals surface area (Å²) in [5, 5.41) is 3.94. The van der Waals surface area contributed by atoms with Crippen LogP contribution in [0.3, 0.4) is 0 Å². The maximum Gasteiger partial charge on any atom is 0.419 e. The van der Waals surface area contributed by atoms with Crippen molar-refractivity contribution < 1.29 is 32.2 Å². The SMILES string of the molecule is CCOC(=O)CCCC(=O)c1ccc(C(Oc2cc(C)c(-n3cc(C(F)(F)F)cn3)c(C)c2)C2CC(C)(C)C2)cc1. The fourth-order valence-electron chi connectivity index (χ4n) is 5.72. The Morgan fingerprint density at radius 2 is 1.71 bits per heavy atom. The highest BCUT2D eigenvalue weighted by atomic mass is 19.4. The quantitative estimate of drug-likeness (QED) is 0.173. The number of halogens is 3. The summed E-state index contributed by atoms with van der Waals surface area (Å²) in [6.45, 7) is 10.2. The molecule has 4 rings (SSSR count). The van der Waals surface area contributed by atoms with Crippen LogP contribution < -0.4 is 4.74 Å². The normalized spacial score (nSPS) is 15.7. The van der Waals surface area contributed by atoms with Gasteiger partial charge in [0.1, 0.15) is 11.9 Å². The summed E-state index contributed by atoms with van der Waals surface area (Å²) in [5.41, 5.74) is 3.02. The molecule has 1 unspecified atom stereocenters. The van der Waals surface area contributed by atoms with Gasteiger partial charge in [0.2, 0.25) is 0 Å². The highest BCUT2D eigenvalue weighted by Crippen LogP contribution is 2.51. The molecule has 1 aliphatic rings. The molecule has 0 spiro atoms. The summed E-state index contributed by atoms with van der Waals surface area (Å²) in [6.07, 6.45) is -0.00927. The summed E-state index contributed by atoms with van der Waals surface area (Å²) >= 11 is 0. The highest BCUT2D eigenvalue weighted by Gasteiger charge is 2.42. The predicted octanol–water partition coefficient (Wildman–Crippen LogP) is 7.98. The van der Waals surface area contributed by atoms with Crippen molar-refractivity contribution in [2.24, 2.45) is 11.3 Å². The molecule has 1 saturated carbocycles. The molecule has 1 fully saturated rings. The summed E-state index contributed by atoms with van der Waals surface area (Å²) in [7, 11) is 0. The molecule has 0 N–H and O–H groups in total. The minimum atomic E-state index is -4.46. The molecule has 220 valence electrons. The second-order valence-corrected chi connectivity index (χ2v) is 11.7. The number of hydrogen-bond acceptors (Lipinski definition) is 5. The van der Waals surface area contributed by atoms with Crippen molar-refractivity contribution in [1.29, 1.82) is 0 Å². The Morgan fingerprint density at radius 3 is 2.24 bits per heavy atom. The van der Waals surface area contributed by atoms with Gasteiger partial charge in [-0.05, 0) is 74.3 Å². The van der Waals surface area contributed by atoms with Gasteiger partial charge in [-0.2, -0.15) is 18.3 Å². The fraction of sp³-hybridized carbons (Fsp3) is 0.469. The number of aryl methyl sites for hydroxylation is 2. The third kappa shape index (κ3) is 7.37. The van der Waals surface area contributed by atoms with Crippen LogP contribution in [0.2, 0.25) is 0 Å². The van der Waals surface area contributed by atoms with Gasteiger partial charge in [0.25, 0.3) is 0 Å². The number of Topliss-reactive ketones (excluding diaryl/α,β-unsaturated/α-hetero) is 1. The van der Waals surface area contributed by atoms with Gasteiger partial charge in [0, 0.05) is 30.5 Å². The maximum absolute atomic E-state index is 13.1. The molecule has 2 aromatic carbocycles. The van der Waals surface area contributed by atoms with Crippen LogP contribution in [0.4, 0.5) is 13.2 Å². The first kappa shape index (κ1) is 30.3. The molecular weight excluding hydrogens is 533 g/mol. The summed E-state index contributed by atoms with van der Waals surface area (Å²) in [6, 6.07) is 11.1. The zero-order valence-corrected chi connectivity index (χ0v) is 24.2. The molecule has 0 radical (unpaired) electrons. The zero-order chi connectivity index (χ0) is 29.9. The van der Waals surface area contributed by atoms with Crippen molar-refractivity contribution in [1.82, 2.24) is 9.78 Å². The van der Waals surface area contributed by atoms with Gasteiger partial charge >= 0.3 is 12.1 Å². The molecule has 3 aromatic rings. The Bertz CT molecular complexity index is 1360. The average molecular weight is 571 g/mol. The van der Waals surface area contributed by atoms with E-state index in [1.807, 2.05) is 38.1 Å². The number of nitrogens with zero attached hydrogens (tertiary/aromatic N) is 2. The van der Waals surface area contributed by atoms with E-state index in [2.05, 4.69) is 18.9 Å². The minimum absolute atomic E-state index is 0.0303. The van der Waals surface area contributed by atoms with E-state index in [0.29, 0.717) is 30.0 Å². The third-order valence-electron chi connectivity index (χ3n) is 7.58. The molecule has 1 aliphatic carbocycles. The number of rotatable bonds is 11. The average Bonchev–Trinajstić information content (AvgIpc) is 3.36. The molecule has 6 nitrogen and oxygen atoms in total. The Hall–Kier alpha value is -3.62. The molecule has 0 aliphatic heterocycles. The molecule has 1 atom stereocenters. The number of benzene rings is 2. The van der Waals surface area contributed by atoms with Gasteiger partial charge in [0.15, 0.2) is 5.78 Å². The number of aromatic nitrogens is 2. The van der Waals surface area contributed by atoms with E-state index in [1.54, 1.807) is 19.1 Å². The van der Waals surface area contributed by atoms with Crippen LogP contribution in [0.15, 0.2) is 48.8 Å². The Kier molecular flexibility index (Phi) is 8.94. The molecule has 0 amide bonds. The van der Waals surface area contributed by atoms with Crippen molar-refractivity contribution in [3.8, 4) is 11.4 Å². The predicted molar refractivity (Wildman–Crippen MR) is 149 cm³/mol. The summed E-state index contributed by atoms with van der Waals surface area (Å²) in [5.74, 6) is 0.572. The first-order valence-corrected chi connectivity index (χ1v) is 14.0. The second-order valence-electron chi connectivity index (χ2n) is 11.7. The van der Waals surface area contributed by atoms with Crippen LogP contribution in [0.5, 0.6) is 5.75 Å². The van der Waals surface area contributed by atoms with Gasteiger partial charge in [-0.3, -0.25) is 9.59 Å². The zero-order valence-electron chi connectivity index (χ0n) is 24.2. The lowest BCUT2D eigenvalue weighted by Gasteiger charge is -2.46. The number of hydrogen-bond donors (Lipinski definition) is 0. The summed E-state index contributed by atoms with van der Waals surface area (Å²) < 4.78 is 52.1. The lowest BCUT2D eigenvalue weighted by Crippen LogP contribution is -2.37. The number of ether oxygens (including phenoxy) is 2. The fourth-order valence-corrected chi connectivity index (χ4v) is 5.72. The van der Waals surface area contributed by atoms with Crippen LogP contribution in [-0.2, 0) is 15.7 Å². The van der Waals surface area contributed by atoms with Gasteiger partial charge in [-0.25, -0.2) is 4.68 Å². The largest absolute Gasteiger partial charge is 0.485 e. The standard InChI is InChI=1S/C32H37F3N2O4/c1-6-40-28(39)9-7-8-27(38)22-10-12-23(13-11-22)30(24-16-31(4,5)17-24)41-26-14-20(2)29(21(3)15-26)37-19-25(18-36-37)32(33,34)35/h10-15,18-19,24,30H,6-9,16-17H2,1-5H3. The van der Waals surface area contributed by atoms with Crippen LogP contribution in [0.1, 0.15) is 91.6 Å². The number of alkyl halides is 3. The van der Waals surface area contributed by atoms with Gasteiger partial charge in [-0.1, -0.05) is 38.1 Å². The van der Waals surface area contributed by atoms with Crippen molar-refractivity contribution in [2.45, 2.75) is 79.0 Å². The number of esters is 1. The molecule has 9 heteroatoms. The smallest absolute Gasteiger partial charge is 0.419 e. The Morgan fingerprint density at radius 1 is 1.07 bits per heavy atom. The minimum Gasteiger partial charge on any atom is -0.485 e. The van der Waals surface area contributed by atoms with Crippen LogP contribution >= 0.6 is 0 Å². The molecule has 41 heavy (non-hydrogen) atoms. The van der Waals surface area contributed by atoms with Crippen molar-refractivity contribution in [3.63, 3.8) is 0 Å². The lowest BCUT2D eigenvalue weighted by atomic mass is 9.62. The molecule has 1 heterocycles. The first-order valence-electron chi connectivity index (χ1n) is 14.0. The first-order chi connectivity index (χ1) is 19.3. The van der Waals surface area contributed by atoms with Crippen molar-refractivity contribution in [3.05, 3.63) is 76.6 Å². The van der Waals surface area contributed by atoms with Gasteiger partial charge in [0.05, 0.1) is 24.1 Å². The van der Waals surface area contributed by atoms with E-state index in [-0.39, 0.29) is 42.0 Å². The third-order valence-corrected chi connectivity index (χ3v) is 7.58. The van der Waals surface area contributed by atoms with Gasteiger partial charge in [-0.15, -0.1) is 0 Å². The second kappa shape index (κ2) is 12.1. The lowest BCUT2D eigenvalue weighted by molar-refractivity contribution is -0.143. The van der Waals surface area contributed by atoms with E-state index in [1.165, 1.54) is 4.68 Å². The highest BCUT2D eigenvalue weighted by molar-refractivity contribution is 5.96. The Labute approximate surface area is 238 Å². The Balaban J connectivity index is 1.52. The molecule has 0 bridgehead atoms.